The highest BCUT2D eigenvalue weighted by Crippen LogP contribution is 2.32. The van der Waals surface area contributed by atoms with Crippen LogP contribution in [0.2, 0.25) is 0 Å². The van der Waals surface area contributed by atoms with E-state index in [1.54, 1.807) is 4.57 Å². The van der Waals surface area contributed by atoms with Gasteiger partial charge >= 0.3 is 0 Å². The van der Waals surface area contributed by atoms with Gasteiger partial charge in [0.15, 0.2) is 0 Å². The average molecular weight is 523 g/mol. The number of aromatic nitrogens is 2. The van der Waals surface area contributed by atoms with E-state index in [-0.39, 0.29) is 23.0 Å². The highest BCUT2D eigenvalue weighted by Gasteiger charge is 2.33. The first-order chi connectivity index (χ1) is 18.9. The molecule has 5 aromatic rings. The largest absolute Gasteiger partial charge is 0.448 e. The van der Waals surface area contributed by atoms with Crippen molar-refractivity contribution in [3.8, 4) is 0 Å². The van der Waals surface area contributed by atoms with Gasteiger partial charge in [0, 0.05) is 17.5 Å². The van der Waals surface area contributed by atoms with Gasteiger partial charge in [-0.15, -0.1) is 0 Å². The van der Waals surface area contributed by atoms with E-state index in [0.717, 1.165) is 16.5 Å². The number of hydrogen-bond donors (Lipinski definition) is 1. The molecule has 1 unspecified atom stereocenters. The fourth-order valence-electron chi connectivity index (χ4n) is 5.12. The molecular formula is C32H34N4O3. The number of carbonyl (C=O) groups is 1. The minimum Gasteiger partial charge on any atom is -0.448 e. The molecule has 0 spiro atoms. The summed E-state index contributed by atoms with van der Waals surface area (Å²) in [6.45, 7) is 7.30. The Morgan fingerprint density at radius 2 is 1.69 bits per heavy atom. The summed E-state index contributed by atoms with van der Waals surface area (Å²) in [4.78, 5) is 35.0. The maximum atomic E-state index is 14.1. The zero-order valence-electron chi connectivity index (χ0n) is 22.6. The summed E-state index contributed by atoms with van der Waals surface area (Å²) >= 11 is 0. The minimum atomic E-state index is -0.472. The molecule has 200 valence electrons. The summed E-state index contributed by atoms with van der Waals surface area (Å²) in [5.74, 6) is 0.386. The van der Waals surface area contributed by atoms with Crippen LogP contribution in [-0.4, -0.2) is 33.4 Å². The van der Waals surface area contributed by atoms with E-state index in [1.165, 1.54) is 0 Å². The van der Waals surface area contributed by atoms with Crippen molar-refractivity contribution in [2.75, 3.05) is 13.1 Å². The molecule has 1 atom stereocenters. The molecule has 0 radical (unpaired) electrons. The summed E-state index contributed by atoms with van der Waals surface area (Å²) in [6.07, 6.45) is 0.626. The van der Waals surface area contributed by atoms with Gasteiger partial charge in [0.2, 0.25) is 5.58 Å². The molecule has 0 saturated carbocycles. The van der Waals surface area contributed by atoms with Gasteiger partial charge in [0.05, 0.1) is 12.6 Å². The fraction of sp³-hybridized carbons (Fsp3) is 0.281. The van der Waals surface area contributed by atoms with Crippen LogP contribution in [0.25, 0.3) is 22.1 Å². The van der Waals surface area contributed by atoms with Crippen LogP contribution in [0.4, 0.5) is 0 Å². The molecule has 2 aromatic heterocycles. The second-order valence-electron chi connectivity index (χ2n) is 10.3. The number of nitrogens with zero attached hydrogens (tertiary/aromatic N) is 3. The van der Waals surface area contributed by atoms with Crippen LogP contribution in [-0.2, 0) is 6.54 Å². The predicted octanol–water partition coefficient (Wildman–Crippen LogP) is 5.69. The van der Waals surface area contributed by atoms with Crippen molar-refractivity contribution in [2.24, 2.45) is 11.7 Å². The topological polar surface area (TPSA) is 94.4 Å². The second kappa shape index (κ2) is 11.3. The second-order valence-corrected chi connectivity index (χ2v) is 10.3. The smallest absolute Gasteiger partial charge is 0.297 e. The molecule has 0 aliphatic carbocycles. The maximum Gasteiger partial charge on any atom is 0.297 e. The molecule has 0 aliphatic heterocycles. The highest BCUT2D eigenvalue weighted by atomic mass is 16.3. The minimum absolute atomic E-state index is 0.0401. The Bertz CT molecular complexity index is 1650. The summed E-state index contributed by atoms with van der Waals surface area (Å²) in [5, 5.41) is 0.776. The van der Waals surface area contributed by atoms with Crippen LogP contribution >= 0.6 is 0 Å². The zero-order chi connectivity index (χ0) is 27.5. The standard InChI is InChI=1S/C32H34N4O3/c1-21(2)28(35(19-9-18-33)31(37)24-16-14-22(3)15-17-24)30-34-27-25-12-7-8-13-26(25)39-29(27)32(38)36(30)20-23-10-5-4-6-11-23/h4-8,10-17,21,28H,9,18-20,33H2,1-3H3. The Kier molecular flexibility index (Phi) is 7.61. The lowest BCUT2D eigenvalue weighted by Gasteiger charge is -2.35. The molecule has 7 nitrogen and oxygen atoms in total. The Morgan fingerprint density at radius 1 is 1.00 bits per heavy atom. The van der Waals surface area contributed by atoms with Crippen molar-refractivity contribution in [1.82, 2.24) is 14.5 Å². The molecule has 7 heteroatoms. The molecular weight excluding hydrogens is 488 g/mol. The summed E-state index contributed by atoms with van der Waals surface area (Å²) in [5.41, 5.74) is 9.62. The van der Waals surface area contributed by atoms with Crippen LogP contribution in [0.1, 0.15) is 53.6 Å². The Hall–Kier alpha value is -4.23. The van der Waals surface area contributed by atoms with Crippen molar-refractivity contribution in [1.29, 1.82) is 0 Å². The quantitative estimate of drug-likeness (QED) is 0.268. The molecule has 1 amide bonds. The number of para-hydroxylation sites is 1. The lowest BCUT2D eigenvalue weighted by Crippen LogP contribution is -2.42. The van der Waals surface area contributed by atoms with E-state index in [1.807, 2.05) is 90.7 Å². The van der Waals surface area contributed by atoms with Crippen molar-refractivity contribution in [2.45, 2.75) is 39.8 Å². The van der Waals surface area contributed by atoms with Crippen molar-refractivity contribution < 1.29 is 9.21 Å². The first-order valence-corrected chi connectivity index (χ1v) is 13.4. The van der Waals surface area contributed by atoms with E-state index in [0.29, 0.717) is 48.5 Å². The van der Waals surface area contributed by atoms with Crippen LogP contribution in [0.3, 0.4) is 0 Å². The van der Waals surface area contributed by atoms with E-state index in [2.05, 4.69) is 13.8 Å². The number of furan rings is 1. The van der Waals surface area contributed by atoms with Gasteiger partial charge in [-0.3, -0.25) is 14.2 Å². The summed E-state index contributed by atoms with van der Waals surface area (Å²) in [6, 6.07) is 24.4. The van der Waals surface area contributed by atoms with Gasteiger partial charge in [-0.1, -0.05) is 74.0 Å². The number of fused-ring (bicyclic) bond motifs is 3. The number of benzene rings is 3. The van der Waals surface area contributed by atoms with Gasteiger partial charge in [0.1, 0.15) is 16.9 Å². The average Bonchev–Trinajstić information content (AvgIpc) is 3.32. The third kappa shape index (κ3) is 5.22. The monoisotopic (exact) mass is 522 g/mol. The van der Waals surface area contributed by atoms with Gasteiger partial charge in [-0.2, -0.15) is 0 Å². The van der Waals surface area contributed by atoms with Gasteiger partial charge in [0.25, 0.3) is 11.5 Å². The number of hydrogen-bond acceptors (Lipinski definition) is 5. The Balaban J connectivity index is 1.74. The molecule has 3 aromatic carbocycles. The van der Waals surface area contributed by atoms with E-state index < -0.39 is 6.04 Å². The zero-order valence-corrected chi connectivity index (χ0v) is 22.6. The van der Waals surface area contributed by atoms with Gasteiger partial charge in [-0.25, -0.2) is 4.98 Å². The molecule has 2 heterocycles. The van der Waals surface area contributed by atoms with Crippen molar-refractivity contribution in [3.63, 3.8) is 0 Å². The number of carbonyl (C=O) groups excluding carboxylic acids is 1. The van der Waals surface area contributed by atoms with Crippen molar-refractivity contribution >= 4 is 28.0 Å². The molecule has 0 aliphatic rings. The third-order valence-corrected chi connectivity index (χ3v) is 7.09. The lowest BCUT2D eigenvalue weighted by molar-refractivity contribution is 0.0602. The summed E-state index contributed by atoms with van der Waals surface area (Å²) < 4.78 is 7.69. The first kappa shape index (κ1) is 26.4. The molecule has 0 saturated heterocycles. The van der Waals surface area contributed by atoms with Crippen molar-refractivity contribution in [3.05, 3.63) is 112 Å². The number of aryl methyl sites for hydroxylation is 1. The van der Waals surface area contributed by atoms with Crippen LogP contribution in [0.15, 0.2) is 88.1 Å². The molecule has 2 N–H and O–H groups in total. The number of rotatable bonds is 9. The van der Waals surface area contributed by atoms with Gasteiger partial charge in [-0.05, 0) is 55.6 Å². The SMILES string of the molecule is Cc1ccc(C(=O)N(CCCN)C(c2nc3c(oc4ccccc43)c(=O)n2Cc2ccccc2)C(C)C)cc1. The van der Waals surface area contributed by atoms with E-state index in [4.69, 9.17) is 15.1 Å². The van der Waals surface area contributed by atoms with E-state index >= 15 is 0 Å². The number of amides is 1. The molecule has 0 fully saturated rings. The van der Waals surface area contributed by atoms with Crippen LogP contribution in [0, 0.1) is 12.8 Å². The number of nitrogens with two attached hydrogens (primary N) is 1. The molecule has 0 bridgehead atoms. The fourth-order valence-corrected chi connectivity index (χ4v) is 5.12. The lowest BCUT2D eigenvalue weighted by atomic mass is 9.98. The van der Waals surface area contributed by atoms with E-state index in [9.17, 15) is 9.59 Å². The first-order valence-electron chi connectivity index (χ1n) is 13.4. The molecule has 39 heavy (non-hydrogen) atoms. The van der Waals surface area contributed by atoms with Crippen LogP contribution < -0.4 is 11.3 Å². The van der Waals surface area contributed by atoms with Gasteiger partial charge < -0.3 is 15.1 Å². The van der Waals surface area contributed by atoms with Crippen LogP contribution in [0.5, 0.6) is 0 Å². The Morgan fingerprint density at radius 3 is 2.38 bits per heavy atom. The molecule has 5 rings (SSSR count). The third-order valence-electron chi connectivity index (χ3n) is 7.09. The predicted molar refractivity (Wildman–Crippen MR) is 155 cm³/mol. The summed E-state index contributed by atoms with van der Waals surface area (Å²) in [7, 11) is 0. The highest BCUT2D eigenvalue weighted by molar-refractivity contribution is 6.02. The Labute approximate surface area is 227 Å². The normalized spacial score (nSPS) is 12.3. The maximum absolute atomic E-state index is 14.1.